The van der Waals surface area contributed by atoms with Crippen LogP contribution in [-0.2, 0) is 10.0 Å². The van der Waals surface area contributed by atoms with Gasteiger partial charge < -0.3 is 15.9 Å². The highest BCUT2D eigenvalue weighted by Gasteiger charge is 2.44. The highest BCUT2D eigenvalue weighted by molar-refractivity contribution is 7.89. The van der Waals surface area contributed by atoms with Gasteiger partial charge in [0.25, 0.3) is 0 Å². The third kappa shape index (κ3) is 2.52. The average molecular weight is 286 g/mol. The van der Waals surface area contributed by atoms with E-state index in [-0.39, 0.29) is 11.4 Å². The Morgan fingerprint density at radius 3 is 2.47 bits per heavy atom. The zero-order chi connectivity index (χ0) is 14.2. The van der Waals surface area contributed by atoms with Gasteiger partial charge in [-0.15, -0.1) is 0 Å². The Hall–Kier alpha value is -0.990. The van der Waals surface area contributed by atoms with Gasteiger partial charge in [0, 0.05) is 6.54 Å². The molecule has 0 aromatic heterocycles. The molecule has 106 valence electrons. The number of aryl methyl sites for hydroxylation is 1. The summed E-state index contributed by atoms with van der Waals surface area (Å²) in [5.74, 6) is 0. The largest absolute Gasteiger partial charge is 0.395 e. The fraction of sp³-hybridized carbons (Fsp3) is 0.500. The molecule has 4 N–H and O–H groups in total. The molecule has 19 heavy (non-hydrogen) atoms. The van der Waals surface area contributed by atoms with Crippen LogP contribution in [0.15, 0.2) is 29.2 Å². The number of sulfonamides is 1. The first kappa shape index (κ1) is 14.4. The van der Waals surface area contributed by atoms with Gasteiger partial charge in [0.15, 0.2) is 0 Å². The first-order valence-corrected chi connectivity index (χ1v) is 7.45. The van der Waals surface area contributed by atoms with Crippen LogP contribution in [0.1, 0.15) is 5.56 Å². The van der Waals surface area contributed by atoms with E-state index in [0.29, 0.717) is 0 Å². The Labute approximate surface area is 112 Å². The Balaban J connectivity index is 2.37. The van der Waals surface area contributed by atoms with E-state index < -0.39 is 34.8 Å². The summed E-state index contributed by atoms with van der Waals surface area (Å²) in [6.07, 6.45) is -0.961. The molecule has 1 aliphatic heterocycles. The van der Waals surface area contributed by atoms with Crippen LogP contribution >= 0.6 is 0 Å². The van der Waals surface area contributed by atoms with Crippen molar-refractivity contribution in [2.24, 2.45) is 5.73 Å². The van der Waals surface area contributed by atoms with Crippen molar-refractivity contribution in [3.63, 3.8) is 0 Å². The zero-order valence-electron chi connectivity index (χ0n) is 10.6. The maximum absolute atomic E-state index is 12.5. The third-order valence-electron chi connectivity index (χ3n) is 3.44. The number of hydrogen-bond acceptors (Lipinski definition) is 5. The van der Waals surface area contributed by atoms with Gasteiger partial charge in [0.1, 0.15) is 0 Å². The maximum Gasteiger partial charge on any atom is 0.243 e. The van der Waals surface area contributed by atoms with Crippen LogP contribution in [0.2, 0.25) is 0 Å². The van der Waals surface area contributed by atoms with Crippen molar-refractivity contribution in [2.75, 3.05) is 13.2 Å². The fourth-order valence-electron chi connectivity index (χ4n) is 2.22. The highest BCUT2D eigenvalue weighted by atomic mass is 32.2. The minimum Gasteiger partial charge on any atom is -0.395 e. The molecule has 0 spiro atoms. The number of aliphatic hydroxyl groups excluding tert-OH is 2. The molecule has 0 saturated carbocycles. The molecule has 1 aliphatic rings. The molecule has 1 aromatic carbocycles. The molecule has 0 unspecified atom stereocenters. The Morgan fingerprint density at radius 2 is 1.95 bits per heavy atom. The second-order valence-electron chi connectivity index (χ2n) is 4.78. The lowest BCUT2D eigenvalue weighted by atomic mass is 10.1. The van der Waals surface area contributed by atoms with Crippen LogP contribution < -0.4 is 5.73 Å². The molecular weight excluding hydrogens is 268 g/mol. The molecule has 0 bridgehead atoms. The van der Waals surface area contributed by atoms with E-state index in [2.05, 4.69) is 0 Å². The zero-order valence-corrected chi connectivity index (χ0v) is 11.4. The summed E-state index contributed by atoms with van der Waals surface area (Å²) >= 11 is 0. The monoisotopic (exact) mass is 286 g/mol. The number of aliphatic hydroxyl groups is 2. The number of benzene rings is 1. The lowest BCUT2D eigenvalue weighted by Gasteiger charge is -2.24. The smallest absolute Gasteiger partial charge is 0.243 e. The Kier molecular flexibility index (Phi) is 3.93. The van der Waals surface area contributed by atoms with Crippen LogP contribution in [0.3, 0.4) is 0 Å². The van der Waals surface area contributed by atoms with Gasteiger partial charge in [-0.3, -0.25) is 0 Å². The van der Waals surface area contributed by atoms with Crippen LogP contribution in [0.5, 0.6) is 0 Å². The van der Waals surface area contributed by atoms with Crippen molar-refractivity contribution < 1.29 is 18.6 Å². The quantitative estimate of drug-likeness (QED) is 0.664. The molecule has 1 fully saturated rings. The minimum absolute atomic E-state index is 0.0946. The number of hydrogen-bond donors (Lipinski definition) is 3. The van der Waals surface area contributed by atoms with E-state index >= 15 is 0 Å². The van der Waals surface area contributed by atoms with Crippen molar-refractivity contribution in [1.82, 2.24) is 4.31 Å². The van der Waals surface area contributed by atoms with Crippen molar-refractivity contribution >= 4 is 10.0 Å². The number of β-amino-alcohol motifs (C(OH)–C–C–N with tert-alkyl or cyclic N) is 1. The molecule has 1 aromatic rings. The van der Waals surface area contributed by atoms with Crippen LogP contribution in [0.4, 0.5) is 0 Å². The van der Waals surface area contributed by atoms with E-state index in [4.69, 9.17) is 5.73 Å². The van der Waals surface area contributed by atoms with Crippen LogP contribution in [-0.4, -0.2) is 54.3 Å². The average Bonchev–Trinajstić information content (AvgIpc) is 2.66. The first-order chi connectivity index (χ1) is 8.87. The van der Waals surface area contributed by atoms with Gasteiger partial charge in [-0.2, -0.15) is 4.31 Å². The molecule has 0 radical (unpaired) electrons. The standard InChI is InChI=1S/C12H18N2O4S/c1-8-2-4-9(5-3-8)19(17,18)14-6-11(16)12(13)10(14)7-15/h2-5,10-12,15-16H,6-7,13H2,1H3/t10-,11-,12+/m1/s1. The van der Waals surface area contributed by atoms with Gasteiger partial charge in [-0.05, 0) is 19.1 Å². The van der Waals surface area contributed by atoms with E-state index in [1.165, 1.54) is 12.1 Å². The maximum atomic E-state index is 12.5. The summed E-state index contributed by atoms with van der Waals surface area (Å²) < 4.78 is 26.0. The number of rotatable bonds is 3. The molecule has 0 amide bonds. The van der Waals surface area contributed by atoms with E-state index in [1.54, 1.807) is 12.1 Å². The van der Waals surface area contributed by atoms with Gasteiger partial charge in [-0.25, -0.2) is 8.42 Å². The van der Waals surface area contributed by atoms with Gasteiger partial charge >= 0.3 is 0 Å². The normalized spacial score (nSPS) is 28.7. The molecule has 1 saturated heterocycles. The molecule has 1 heterocycles. The molecule has 0 aliphatic carbocycles. The second kappa shape index (κ2) is 5.18. The Morgan fingerprint density at radius 1 is 1.37 bits per heavy atom. The molecule has 7 heteroatoms. The summed E-state index contributed by atoms with van der Waals surface area (Å²) in [6.45, 7) is 1.36. The third-order valence-corrected chi connectivity index (χ3v) is 5.35. The van der Waals surface area contributed by atoms with Crippen LogP contribution in [0.25, 0.3) is 0 Å². The summed E-state index contributed by atoms with van der Waals surface area (Å²) in [4.78, 5) is 0.137. The van der Waals surface area contributed by atoms with Crippen molar-refractivity contribution in [3.8, 4) is 0 Å². The van der Waals surface area contributed by atoms with Crippen molar-refractivity contribution in [3.05, 3.63) is 29.8 Å². The minimum atomic E-state index is -3.75. The van der Waals surface area contributed by atoms with Crippen LogP contribution in [0, 0.1) is 6.92 Å². The number of nitrogens with two attached hydrogens (primary N) is 1. The predicted molar refractivity (Wildman–Crippen MR) is 69.9 cm³/mol. The summed E-state index contributed by atoms with van der Waals surface area (Å²) in [5.41, 5.74) is 6.66. The van der Waals surface area contributed by atoms with Gasteiger partial charge in [0.2, 0.25) is 10.0 Å². The van der Waals surface area contributed by atoms with Crippen molar-refractivity contribution in [2.45, 2.75) is 30.0 Å². The number of nitrogens with zero attached hydrogens (tertiary/aromatic N) is 1. The van der Waals surface area contributed by atoms with E-state index in [0.717, 1.165) is 9.87 Å². The molecule has 3 atom stereocenters. The summed E-state index contributed by atoms with van der Waals surface area (Å²) in [6, 6.07) is 4.86. The van der Waals surface area contributed by atoms with Crippen molar-refractivity contribution in [1.29, 1.82) is 0 Å². The summed E-state index contributed by atoms with van der Waals surface area (Å²) in [5, 5.41) is 19.0. The lowest BCUT2D eigenvalue weighted by Crippen LogP contribution is -2.46. The Bertz CT molecular complexity index is 543. The van der Waals surface area contributed by atoms with E-state index in [9.17, 15) is 18.6 Å². The molecule has 2 rings (SSSR count). The molecule has 6 nitrogen and oxygen atoms in total. The van der Waals surface area contributed by atoms with E-state index in [1.807, 2.05) is 6.92 Å². The predicted octanol–water partition coefficient (Wildman–Crippen LogP) is -0.952. The SMILES string of the molecule is Cc1ccc(S(=O)(=O)N2C[C@@H](O)[C@@H](N)[C@H]2CO)cc1. The summed E-state index contributed by atoms with van der Waals surface area (Å²) in [7, 11) is -3.75. The van der Waals surface area contributed by atoms with Gasteiger partial charge in [0.05, 0.1) is 29.7 Å². The lowest BCUT2D eigenvalue weighted by molar-refractivity contribution is 0.162. The fourth-order valence-corrected chi connectivity index (χ4v) is 3.89. The second-order valence-corrected chi connectivity index (χ2v) is 6.67. The van der Waals surface area contributed by atoms with Gasteiger partial charge in [-0.1, -0.05) is 17.7 Å². The highest BCUT2D eigenvalue weighted by Crippen LogP contribution is 2.25. The molecular formula is C12H18N2O4S. The topological polar surface area (TPSA) is 104 Å². The first-order valence-electron chi connectivity index (χ1n) is 6.01.